The van der Waals surface area contributed by atoms with Crippen molar-refractivity contribution in [2.75, 3.05) is 32.5 Å². The molecule has 3 N–H and O–H groups in total. The number of rotatable bonds is 7. The molecule has 0 aliphatic rings. The molecule has 10 nitrogen and oxygen atoms in total. The van der Waals surface area contributed by atoms with Gasteiger partial charge in [-0.05, 0) is 43.9 Å². The van der Waals surface area contributed by atoms with E-state index in [0.717, 1.165) is 6.54 Å². The van der Waals surface area contributed by atoms with Crippen LogP contribution in [-0.4, -0.2) is 72.2 Å². The fraction of sp³-hybridized carbons (Fsp3) is 0.154. The average molecular weight is 513 g/mol. The lowest BCUT2D eigenvalue weighted by atomic mass is 10.0. The molecule has 0 amide bonds. The van der Waals surface area contributed by atoms with E-state index in [-0.39, 0.29) is 22.4 Å². The van der Waals surface area contributed by atoms with Crippen LogP contribution in [0.15, 0.2) is 55.4 Å². The summed E-state index contributed by atoms with van der Waals surface area (Å²) in [7, 11) is 3.95. The first-order chi connectivity index (χ1) is 18.5. The van der Waals surface area contributed by atoms with Gasteiger partial charge in [0.15, 0.2) is 17.1 Å². The number of benzene rings is 1. The summed E-state index contributed by atoms with van der Waals surface area (Å²) in [6.45, 7) is 1.47. The fourth-order valence-corrected chi connectivity index (χ4v) is 4.30. The van der Waals surface area contributed by atoms with Gasteiger partial charge in [0.2, 0.25) is 0 Å². The molecule has 0 aliphatic carbocycles. The monoisotopic (exact) mass is 512 g/mol. The van der Waals surface area contributed by atoms with Crippen LogP contribution < -0.4 is 5.32 Å². The Morgan fingerprint density at radius 1 is 0.947 bits per heavy atom. The van der Waals surface area contributed by atoms with Gasteiger partial charge in [-0.15, -0.1) is 0 Å². The van der Waals surface area contributed by atoms with E-state index in [2.05, 4.69) is 45.4 Å². The number of hydrogen-bond acceptors (Lipinski definition) is 8. The van der Waals surface area contributed by atoms with Crippen LogP contribution in [0.4, 0.5) is 14.5 Å². The highest BCUT2D eigenvalue weighted by Crippen LogP contribution is 2.34. The Labute approximate surface area is 215 Å². The predicted octanol–water partition coefficient (Wildman–Crippen LogP) is 4.27. The molecule has 6 rings (SSSR count). The van der Waals surface area contributed by atoms with Crippen molar-refractivity contribution in [3.63, 3.8) is 0 Å². The molecular formula is C26H22F2N10. The summed E-state index contributed by atoms with van der Waals surface area (Å²) in [5.41, 5.74) is 4.23. The van der Waals surface area contributed by atoms with Crippen LogP contribution in [0.25, 0.3) is 56.0 Å². The molecule has 0 fully saturated rings. The largest absolute Gasteiger partial charge is 0.384 e. The molecular weight excluding hydrogens is 490 g/mol. The number of imidazole rings is 1. The van der Waals surface area contributed by atoms with E-state index in [4.69, 9.17) is 0 Å². The van der Waals surface area contributed by atoms with Gasteiger partial charge in [-0.2, -0.15) is 5.10 Å². The summed E-state index contributed by atoms with van der Waals surface area (Å²) in [5.74, 6) is -0.573. The number of aromatic nitrogens is 8. The van der Waals surface area contributed by atoms with Crippen LogP contribution in [0, 0.1) is 11.6 Å². The molecule has 0 unspecified atom stereocenters. The second kappa shape index (κ2) is 9.56. The number of anilines is 1. The van der Waals surface area contributed by atoms with Crippen molar-refractivity contribution >= 4 is 27.9 Å². The standard InChI is InChI=1S/C26H22F2N10/c1-38(2)6-5-31-17-8-14(7-16(27)9-17)18-3-4-32-25-22(18)34-26(35-25)23-20-21(28)19(12-33-24(20)37-36-23)15-10-29-13-30-11-15/h3-4,7-13,31H,5-6H2,1-2H3,(H,32,34,35)(H,33,36,37). The van der Waals surface area contributed by atoms with Gasteiger partial charge in [0.25, 0.3) is 0 Å². The Balaban J connectivity index is 1.43. The zero-order valence-corrected chi connectivity index (χ0v) is 20.5. The molecule has 5 aromatic heterocycles. The normalized spacial score (nSPS) is 11.6. The van der Waals surface area contributed by atoms with Crippen molar-refractivity contribution in [1.29, 1.82) is 0 Å². The summed E-state index contributed by atoms with van der Waals surface area (Å²) in [6, 6.07) is 6.56. The van der Waals surface area contributed by atoms with Crippen LogP contribution in [0.2, 0.25) is 0 Å². The summed E-state index contributed by atoms with van der Waals surface area (Å²) in [6.07, 6.45) is 7.40. The molecule has 190 valence electrons. The highest BCUT2D eigenvalue weighted by atomic mass is 19.1. The van der Waals surface area contributed by atoms with Gasteiger partial charge < -0.3 is 15.2 Å². The third-order valence-electron chi connectivity index (χ3n) is 6.12. The number of likely N-dealkylation sites (N-methyl/N-ethyl adjacent to an activating group) is 1. The van der Waals surface area contributed by atoms with E-state index in [1.54, 1.807) is 12.3 Å². The number of nitrogens with zero attached hydrogens (tertiary/aromatic N) is 7. The first-order valence-corrected chi connectivity index (χ1v) is 11.8. The average Bonchev–Trinajstić information content (AvgIpc) is 3.53. The SMILES string of the molecule is CN(C)CCNc1cc(F)cc(-c2ccnc3nc(-c4[nH]nc5ncc(-c6cncnc6)c(F)c45)[nH]c23)c1. The van der Waals surface area contributed by atoms with E-state index < -0.39 is 5.82 Å². The lowest BCUT2D eigenvalue weighted by molar-refractivity contribution is 0.425. The molecule has 5 heterocycles. The van der Waals surface area contributed by atoms with Crippen molar-refractivity contribution in [2.45, 2.75) is 0 Å². The van der Waals surface area contributed by atoms with Gasteiger partial charge in [-0.3, -0.25) is 5.10 Å². The first-order valence-electron chi connectivity index (χ1n) is 11.8. The number of pyridine rings is 2. The lowest BCUT2D eigenvalue weighted by Crippen LogP contribution is -2.20. The number of halogens is 2. The summed E-state index contributed by atoms with van der Waals surface area (Å²) < 4.78 is 30.3. The van der Waals surface area contributed by atoms with Gasteiger partial charge in [0, 0.05) is 60.3 Å². The van der Waals surface area contributed by atoms with Crippen LogP contribution >= 0.6 is 0 Å². The Hall–Kier alpha value is -4.84. The van der Waals surface area contributed by atoms with Crippen LogP contribution in [0.3, 0.4) is 0 Å². The molecule has 0 aliphatic heterocycles. The molecule has 0 bridgehead atoms. The number of fused-ring (bicyclic) bond motifs is 2. The maximum Gasteiger partial charge on any atom is 0.184 e. The quantitative estimate of drug-likeness (QED) is 0.290. The zero-order chi connectivity index (χ0) is 26.2. The molecule has 1 aromatic carbocycles. The number of hydrogen-bond donors (Lipinski definition) is 3. The van der Waals surface area contributed by atoms with E-state index >= 15 is 4.39 Å². The molecule has 6 aromatic rings. The minimum absolute atomic E-state index is 0.171. The Bertz CT molecular complexity index is 1760. The topological polar surface area (TPSA) is 124 Å². The Kier molecular flexibility index (Phi) is 5.92. The zero-order valence-electron chi connectivity index (χ0n) is 20.5. The third-order valence-corrected chi connectivity index (χ3v) is 6.12. The van der Waals surface area contributed by atoms with Gasteiger partial charge in [-0.1, -0.05) is 0 Å². The summed E-state index contributed by atoms with van der Waals surface area (Å²) >= 11 is 0. The second-order valence-corrected chi connectivity index (χ2v) is 9.01. The second-order valence-electron chi connectivity index (χ2n) is 9.01. The molecule has 0 atom stereocenters. The first kappa shape index (κ1) is 23.6. The molecule has 0 saturated heterocycles. The predicted molar refractivity (Wildman–Crippen MR) is 140 cm³/mol. The molecule has 0 saturated carbocycles. The third kappa shape index (κ3) is 4.30. The van der Waals surface area contributed by atoms with Crippen molar-refractivity contribution < 1.29 is 8.78 Å². The van der Waals surface area contributed by atoms with Gasteiger partial charge in [0.05, 0.1) is 10.9 Å². The minimum atomic E-state index is -0.527. The maximum absolute atomic E-state index is 15.7. The van der Waals surface area contributed by atoms with Gasteiger partial charge in [-0.25, -0.2) is 33.7 Å². The smallest absolute Gasteiger partial charge is 0.184 e. The number of H-pyrrole nitrogens is 2. The molecule has 38 heavy (non-hydrogen) atoms. The summed E-state index contributed by atoms with van der Waals surface area (Å²) in [5, 5.41) is 10.4. The number of aromatic amines is 2. The van der Waals surface area contributed by atoms with Crippen molar-refractivity contribution in [3.8, 4) is 33.8 Å². The maximum atomic E-state index is 15.7. The van der Waals surface area contributed by atoms with E-state index in [1.807, 2.05) is 25.1 Å². The van der Waals surface area contributed by atoms with Crippen LogP contribution in [0.1, 0.15) is 0 Å². The van der Waals surface area contributed by atoms with E-state index in [9.17, 15) is 4.39 Å². The fourth-order valence-electron chi connectivity index (χ4n) is 4.30. The van der Waals surface area contributed by atoms with Gasteiger partial charge in [0.1, 0.15) is 23.7 Å². The molecule has 12 heteroatoms. The van der Waals surface area contributed by atoms with Gasteiger partial charge >= 0.3 is 0 Å². The molecule has 0 radical (unpaired) electrons. The molecule has 0 spiro atoms. The highest BCUT2D eigenvalue weighted by Gasteiger charge is 2.21. The number of nitrogens with one attached hydrogen (secondary N) is 3. The van der Waals surface area contributed by atoms with Crippen LogP contribution in [-0.2, 0) is 0 Å². The van der Waals surface area contributed by atoms with Crippen molar-refractivity contribution in [1.82, 2.24) is 45.0 Å². The highest BCUT2D eigenvalue weighted by molar-refractivity contribution is 5.96. The van der Waals surface area contributed by atoms with E-state index in [0.29, 0.717) is 51.6 Å². The van der Waals surface area contributed by atoms with Crippen molar-refractivity contribution in [3.05, 3.63) is 67.0 Å². The minimum Gasteiger partial charge on any atom is -0.384 e. The summed E-state index contributed by atoms with van der Waals surface area (Å²) in [4.78, 5) is 26.4. The van der Waals surface area contributed by atoms with E-state index in [1.165, 1.54) is 37.1 Å². The van der Waals surface area contributed by atoms with Crippen LogP contribution in [0.5, 0.6) is 0 Å². The lowest BCUT2D eigenvalue weighted by Gasteiger charge is -2.13. The van der Waals surface area contributed by atoms with Crippen molar-refractivity contribution in [2.24, 2.45) is 0 Å². The Morgan fingerprint density at radius 2 is 1.79 bits per heavy atom. The Morgan fingerprint density at radius 3 is 2.61 bits per heavy atom.